The molecular weight excluding hydrogens is 256 g/mol. The van der Waals surface area contributed by atoms with Gasteiger partial charge in [-0.1, -0.05) is 24.7 Å². The zero-order chi connectivity index (χ0) is 13.1. The average Bonchev–Trinajstić information content (AvgIpc) is 2.70. The van der Waals surface area contributed by atoms with Crippen molar-refractivity contribution in [1.29, 1.82) is 0 Å². The molecule has 0 aliphatic heterocycles. The van der Waals surface area contributed by atoms with Crippen molar-refractivity contribution in [1.82, 2.24) is 14.6 Å². The van der Waals surface area contributed by atoms with Gasteiger partial charge in [0.1, 0.15) is 6.54 Å². The van der Waals surface area contributed by atoms with Gasteiger partial charge in [-0.05, 0) is 6.42 Å². The number of fused-ring (bicyclic) bond motifs is 1. The van der Waals surface area contributed by atoms with Gasteiger partial charge >= 0.3 is 5.97 Å². The third-order valence-corrected chi connectivity index (χ3v) is 3.06. The third kappa shape index (κ3) is 2.65. The number of carbonyl (C=O) groups is 1. The number of aliphatic carboxylic acids is 1. The lowest BCUT2D eigenvalue weighted by Crippen LogP contribution is -2.16. The summed E-state index contributed by atoms with van der Waals surface area (Å²) in [6, 6.07) is 1.46. The molecule has 2 rings (SSSR count). The number of aryl methyl sites for hydroxylation is 1. The number of hydrogen-bond donors (Lipinski definition) is 2. The molecule has 0 fully saturated rings. The van der Waals surface area contributed by atoms with Gasteiger partial charge in [0.2, 0.25) is 10.1 Å². The van der Waals surface area contributed by atoms with E-state index in [1.54, 1.807) is 0 Å². The Morgan fingerprint density at radius 3 is 3.06 bits per heavy atom. The Morgan fingerprint density at radius 2 is 2.39 bits per heavy atom. The van der Waals surface area contributed by atoms with Gasteiger partial charge in [-0.3, -0.25) is 9.59 Å². The fourth-order valence-electron chi connectivity index (χ4n) is 1.46. The number of carboxylic acid groups (broad SMARTS) is 1. The molecule has 0 amide bonds. The van der Waals surface area contributed by atoms with Gasteiger partial charge in [0.25, 0.3) is 5.56 Å². The lowest BCUT2D eigenvalue weighted by atomic mass is 10.2. The molecule has 2 heterocycles. The van der Waals surface area contributed by atoms with E-state index in [-0.39, 0.29) is 12.1 Å². The van der Waals surface area contributed by atoms with Crippen molar-refractivity contribution in [2.45, 2.75) is 19.8 Å². The first-order valence-corrected chi connectivity index (χ1v) is 6.27. The molecule has 7 nitrogen and oxygen atoms in total. The van der Waals surface area contributed by atoms with Crippen LogP contribution in [0.15, 0.2) is 10.9 Å². The zero-order valence-corrected chi connectivity index (χ0v) is 10.5. The maximum absolute atomic E-state index is 11.7. The van der Waals surface area contributed by atoms with Gasteiger partial charge in [-0.25, -0.2) is 4.98 Å². The van der Waals surface area contributed by atoms with E-state index in [1.165, 1.54) is 10.6 Å². The molecule has 18 heavy (non-hydrogen) atoms. The predicted molar refractivity (Wildman–Crippen MR) is 67.3 cm³/mol. The Hall–Kier alpha value is -1.96. The molecule has 0 aliphatic carbocycles. The Kier molecular flexibility index (Phi) is 3.56. The van der Waals surface area contributed by atoms with E-state index in [4.69, 9.17) is 5.11 Å². The van der Waals surface area contributed by atoms with Gasteiger partial charge in [0.15, 0.2) is 0 Å². The minimum absolute atomic E-state index is 0.240. The smallest absolute Gasteiger partial charge is 0.322 e. The van der Waals surface area contributed by atoms with Crippen LogP contribution in [0.3, 0.4) is 0 Å². The van der Waals surface area contributed by atoms with Crippen molar-refractivity contribution in [2.24, 2.45) is 0 Å². The molecule has 0 radical (unpaired) electrons. The molecule has 2 N–H and O–H groups in total. The Labute approximate surface area is 106 Å². The van der Waals surface area contributed by atoms with Gasteiger partial charge in [0, 0.05) is 11.8 Å². The summed E-state index contributed by atoms with van der Waals surface area (Å²) in [6.45, 7) is 1.77. The second-order valence-corrected chi connectivity index (χ2v) is 4.64. The molecule has 0 saturated carbocycles. The van der Waals surface area contributed by atoms with E-state index in [9.17, 15) is 9.59 Å². The first-order chi connectivity index (χ1) is 8.60. The molecule has 0 spiro atoms. The molecule has 2 aromatic rings. The monoisotopic (exact) mass is 268 g/mol. The van der Waals surface area contributed by atoms with Crippen LogP contribution in [0.25, 0.3) is 4.96 Å². The van der Waals surface area contributed by atoms with Gasteiger partial charge in [-0.15, -0.1) is 5.10 Å². The number of aromatic nitrogens is 3. The van der Waals surface area contributed by atoms with E-state index in [0.717, 1.165) is 29.9 Å². The maximum atomic E-state index is 11.7. The van der Waals surface area contributed by atoms with Crippen LogP contribution in [-0.4, -0.2) is 32.2 Å². The Balaban J connectivity index is 2.35. The summed E-state index contributed by atoms with van der Waals surface area (Å²) in [6.07, 6.45) is 1.65. The fraction of sp³-hybridized carbons (Fsp3) is 0.400. The van der Waals surface area contributed by atoms with Crippen molar-refractivity contribution in [2.75, 3.05) is 11.9 Å². The van der Waals surface area contributed by atoms with E-state index in [2.05, 4.69) is 15.4 Å². The number of nitrogens with zero attached hydrogens (tertiary/aromatic N) is 3. The molecule has 0 aliphatic rings. The summed E-state index contributed by atoms with van der Waals surface area (Å²) >= 11 is 1.16. The number of anilines is 1. The highest BCUT2D eigenvalue weighted by atomic mass is 32.1. The SMILES string of the molecule is CCCc1cc(=O)n2nc(NCC(=O)O)sc2n1. The van der Waals surface area contributed by atoms with Crippen LogP contribution < -0.4 is 10.9 Å². The number of hydrogen-bond acceptors (Lipinski definition) is 6. The topological polar surface area (TPSA) is 96.6 Å². The second kappa shape index (κ2) is 5.13. The van der Waals surface area contributed by atoms with Crippen molar-refractivity contribution in [3.8, 4) is 0 Å². The first-order valence-electron chi connectivity index (χ1n) is 5.45. The van der Waals surface area contributed by atoms with E-state index < -0.39 is 5.97 Å². The highest BCUT2D eigenvalue weighted by molar-refractivity contribution is 7.20. The standard InChI is InChI=1S/C10H12N4O3S/c1-2-3-6-4-7(15)14-10(12-6)18-9(13-14)11-5-8(16)17/h4H,2-3,5H2,1H3,(H,11,13)(H,16,17). The lowest BCUT2D eigenvalue weighted by Gasteiger charge is -1.95. The fourth-order valence-corrected chi connectivity index (χ4v) is 2.28. The molecular formula is C10H12N4O3S. The highest BCUT2D eigenvalue weighted by Crippen LogP contribution is 2.16. The Bertz CT molecular complexity index is 634. The molecule has 0 saturated heterocycles. The summed E-state index contributed by atoms with van der Waals surface area (Å²) in [5, 5.41) is 15.5. The molecule has 8 heteroatoms. The minimum Gasteiger partial charge on any atom is -0.480 e. The molecule has 0 unspecified atom stereocenters. The van der Waals surface area contributed by atoms with Crippen molar-refractivity contribution in [3.63, 3.8) is 0 Å². The summed E-state index contributed by atoms with van der Waals surface area (Å²) in [5.41, 5.74) is 0.485. The summed E-state index contributed by atoms with van der Waals surface area (Å²) in [4.78, 5) is 26.9. The van der Waals surface area contributed by atoms with Crippen LogP contribution >= 0.6 is 11.3 Å². The van der Waals surface area contributed by atoms with Crippen molar-refractivity contribution in [3.05, 3.63) is 22.1 Å². The summed E-state index contributed by atoms with van der Waals surface area (Å²) in [7, 11) is 0. The van der Waals surface area contributed by atoms with Crippen LogP contribution in [0.5, 0.6) is 0 Å². The van der Waals surface area contributed by atoms with Crippen LogP contribution in [-0.2, 0) is 11.2 Å². The third-order valence-electron chi connectivity index (χ3n) is 2.20. The zero-order valence-electron chi connectivity index (χ0n) is 9.71. The molecule has 96 valence electrons. The van der Waals surface area contributed by atoms with Crippen LogP contribution in [0.1, 0.15) is 19.0 Å². The molecule has 0 aromatic carbocycles. The first kappa shape index (κ1) is 12.5. The van der Waals surface area contributed by atoms with E-state index >= 15 is 0 Å². The molecule has 0 atom stereocenters. The number of carboxylic acids is 1. The van der Waals surface area contributed by atoms with E-state index in [0.29, 0.717) is 10.1 Å². The van der Waals surface area contributed by atoms with Crippen molar-refractivity contribution >= 4 is 27.4 Å². The summed E-state index contributed by atoms with van der Waals surface area (Å²) < 4.78 is 1.17. The maximum Gasteiger partial charge on any atom is 0.322 e. The normalized spacial score (nSPS) is 10.7. The van der Waals surface area contributed by atoms with Crippen LogP contribution in [0, 0.1) is 0 Å². The van der Waals surface area contributed by atoms with Crippen molar-refractivity contribution < 1.29 is 9.90 Å². The van der Waals surface area contributed by atoms with Crippen LogP contribution in [0.2, 0.25) is 0 Å². The molecule has 0 bridgehead atoms. The quantitative estimate of drug-likeness (QED) is 0.824. The van der Waals surface area contributed by atoms with Gasteiger partial charge in [0.05, 0.1) is 0 Å². The Morgan fingerprint density at radius 1 is 1.61 bits per heavy atom. The molecule has 2 aromatic heterocycles. The average molecular weight is 268 g/mol. The van der Waals surface area contributed by atoms with E-state index in [1.807, 2.05) is 6.92 Å². The van der Waals surface area contributed by atoms with Gasteiger partial charge in [-0.2, -0.15) is 4.52 Å². The summed E-state index contributed by atoms with van der Waals surface area (Å²) in [5.74, 6) is -0.985. The largest absolute Gasteiger partial charge is 0.480 e. The van der Waals surface area contributed by atoms with Crippen LogP contribution in [0.4, 0.5) is 5.13 Å². The predicted octanol–water partition coefficient (Wildman–Crippen LogP) is 0.600. The minimum atomic E-state index is -0.985. The second-order valence-electron chi connectivity index (χ2n) is 3.68. The lowest BCUT2D eigenvalue weighted by molar-refractivity contribution is -0.134. The highest BCUT2D eigenvalue weighted by Gasteiger charge is 2.09. The number of rotatable bonds is 5. The van der Waals surface area contributed by atoms with Gasteiger partial charge < -0.3 is 10.4 Å². The number of nitrogens with one attached hydrogen (secondary N) is 1.